The summed E-state index contributed by atoms with van der Waals surface area (Å²) in [4.78, 5) is 16.5. The lowest BCUT2D eigenvalue weighted by atomic mass is 10.2. The molecule has 0 unspecified atom stereocenters. The van der Waals surface area contributed by atoms with Gasteiger partial charge in [-0.1, -0.05) is 11.6 Å². The van der Waals surface area contributed by atoms with Gasteiger partial charge in [-0.3, -0.25) is 4.79 Å². The van der Waals surface area contributed by atoms with E-state index in [1.54, 1.807) is 29.5 Å². The number of carbonyl (C=O) groups is 1. The molecular weight excluding hydrogens is 270 g/mol. The molecule has 1 aromatic carbocycles. The summed E-state index contributed by atoms with van der Waals surface area (Å²) in [5.41, 5.74) is 1.47. The summed E-state index contributed by atoms with van der Waals surface area (Å²) >= 11 is 7.41. The van der Waals surface area contributed by atoms with Crippen LogP contribution in [0.2, 0.25) is 5.02 Å². The van der Waals surface area contributed by atoms with Gasteiger partial charge in [-0.05, 0) is 32.0 Å². The Morgan fingerprint density at radius 2 is 2.22 bits per heavy atom. The third-order valence-corrected chi connectivity index (χ3v) is 3.80. The van der Waals surface area contributed by atoms with Gasteiger partial charge in [0.1, 0.15) is 17.4 Å². The van der Waals surface area contributed by atoms with Crippen LogP contribution < -0.4 is 4.74 Å². The van der Waals surface area contributed by atoms with Gasteiger partial charge in [-0.15, -0.1) is 11.3 Å². The molecule has 0 bridgehead atoms. The zero-order valence-electron chi connectivity index (χ0n) is 10.1. The quantitative estimate of drug-likeness (QED) is 0.800. The predicted molar refractivity (Wildman–Crippen MR) is 72.8 cm³/mol. The second kappa shape index (κ2) is 5.50. The third kappa shape index (κ3) is 2.89. The van der Waals surface area contributed by atoms with Crippen LogP contribution in [0.1, 0.15) is 25.9 Å². The second-order valence-electron chi connectivity index (χ2n) is 3.84. The zero-order chi connectivity index (χ0) is 13.1. The number of thiazole rings is 1. The lowest BCUT2D eigenvalue weighted by molar-refractivity contribution is 0.111. The van der Waals surface area contributed by atoms with Crippen LogP contribution in [0.25, 0.3) is 0 Å². The average Bonchev–Trinajstić information content (AvgIpc) is 2.67. The van der Waals surface area contributed by atoms with Crippen LogP contribution in [0, 0.1) is 13.8 Å². The number of rotatable bonds is 4. The smallest absolute Gasteiger partial charge is 0.153 e. The summed E-state index contributed by atoms with van der Waals surface area (Å²) in [6, 6.07) is 4.98. The summed E-state index contributed by atoms with van der Waals surface area (Å²) in [7, 11) is 0. The van der Waals surface area contributed by atoms with Crippen LogP contribution in [0.5, 0.6) is 5.75 Å². The third-order valence-electron chi connectivity index (χ3n) is 2.52. The van der Waals surface area contributed by atoms with E-state index >= 15 is 0 Å². The fraction of sp³-hybridized carbons (Fsp3) is 0.231. The van der Waals surface area contributed by atoms with Crippen molar-refractivity contribution < 1.29 is 9.53 Å². The first-order valence-corrected chi connectivity index (χ1v) is 6.60. The first-order valence-electron chi connectivity index (χ1n) is 5.40. The van der Waals surface area contributed by atoms with Gasteiger partial charge in [0.05, 0.1) is 11.3 Å². The van der Waals surface area contributed by atoms with E-state index in [0.29, 0.717) is 22.9 Å². The predicted octanol–water partition coefficient (Wildman–Crippen LogP) is 3.80. The number of halogens is 1. The van der Waals surface area contributed by atoms with Crippen molar-refractivity contribution in [1.82, 2.24) is 4.98 Å². The number of benzene rings is 1. The summed E-state index contributed by atoms with van der Waals surface area (Å²) in [5, 5.41) is 1.42. The minimum atomic E-state index is 0.363. The van der Waals surface area contributed by atoms with Crippen LogP contribution in [0.4, 0.5) is 0 Å². The molecule has 0 radical (unpaired) electrons. The van der Waals surface area contributed by atoms with E-state index in [1.807, 2.05) is 13.8 Å². The molecule has 0 saturated heterocycles. The first-order chi connectivity index (χ1) is 8.60. The van der Waals surface area contributed by atoms with Gasteiger partial charge in [-0.2, -0.15) is 0 Å². The Bertz CT molecular complexity index is 561. The Kier molecular flexibility index (Phi) is 3.99. The van der Waals surface area contributed by atoms with Crippen molar-refractivity contribution in [2.75, 3.05) is 0 Å². The van der Waals surface area contributed by atoms with Gasteiger partial charge < -0.3 is 4.74 Å². The van der Waals surface area contributed by atoms with E-state index in [2.05, 4.69) is 4.98 Å². The molecule has 1 aromatic heterocycles. The van der Waals surface area contributed by atoms with E-state index in [9.17, 15) is 4.79 Å². The van der Waals surface area contributed by atoms with E-state index < -0.39 is 0 Å². The molecule has 94 valence electrons. The average molecular weight is 282 g/mol. The monoisotopic (exact) mass is 281 g/mol. The van der Waals surface area contributed by atoms with Crippen LogP contribution in [-0.4, -0.2) is 11.3 Å². The van der Waals surface area contributed by atoms with E-state index in [4.69, 9.17) is 16.3 Å². The van der Waals surface area contributed by atoms with E-state index in [0.717, 1.165) is 17.0 Å². The van der Waals surface area contributed by atoms with Crippen LogP contribution >= 0.6 is 22.9 Å². The lowest BCUT2D eigenvalue weighted by Crippen LogP contribution is -1.98. The van der Waals surface area contributed by atoms with Gasteiger partial charge in [-0.25, -0.2) is 4.98 Å². The van der Waals surface area contributed by atoms with Crippen molar-refractivity contribution >= 4 is 29.2 Å². The number of hydrogen-bond donors (Lipinski definition) is 0. The zero-order valence-corrected chi connectivity index (χ0v) is 11.6. The Morgan fingerprint density at radius 3 is 2.83 bits per heavy atom. The highest BCUT2D eigenvalue weighted by Gasteiger charge is 2.07. The maximum absolute atomic E-state index is 10.9. The van der Waals surface area contributed by atoms with Crippen LogP contribution in [-0.2, 0) is 6.61 Å². The molecule has 0 atom stereocenters. The van der Waals surface area contributed by atoms with Crippen molar-refractivity contribution in [3.8, 4) is 5.75 Å². The minimum Gasteiger partial charge on any atom is -0.486 e. The molecule has 2 aromatic rings. The molecule has 0 spiro atoms. The van der Waals surface area contributed by atoms with Gasteiger partial charge in [0, 0.05) is 9.90 Å². The summed E-state index contributed by atoms with van der Waals surface area (Å²) in [6.45, 7) is 4.35. The van der Waals surface area contributed by atoms with Gasteiger partial charge >= 0.3 is 0 Å². The fourth-order valence-corrected chi connectivity index (χ4v) is 2.51. The summed E-state index contributed by atoms with van der Waals surface area (Å²) in [6.07, 6.45) is 0.736. The maximum Gasteiger partial charge on any atom is 0.153 e. The fourth-order valence-electron chi connectivity index (χ4n) is 1.48. The second-order valence-corrected chi connectivity index (χ2v) is 5.56. The molecule has 5 heteroatoms. The Balaban J connectivity index is 2.12. The Hall–Kier alpha value is -1.39. The highest BCUT2D eigenvalue weighted by Crippen LogP contribution is 2.23. The topological polar surface area (TPSA) is 39.2 Å². The van der Waals surface area contributed by atoms with Crippen molar-refractivity contribution in [3.05, 3.63) is 44.4 Å². The Morgan fingerprint density at radius 1 is 1.44 bits per heavy atom. The van der Waals surface area contributed by atoms with Crippen LogP contribution in [0.3, 0.4) is 0 Å². The first kappa shape index (κ1) is 13.1. The number of aryl methyl sites for hydroxylation is 2. The standard InChI is InChI=1S/C13H12ClNO2S/c1-8-9(2)18-13(15-8)7-17-12-4-3-11(14)5-10(12)6-16/h3-6H,7H2,1-2H3. The van der Waals surface area contributed by atoms with E-state index in [-0.39, 0.29) is 0 Å². The molecule has 2 rings (SSSR count). The molecule has 18 heavy (non-hydrogen) atoms. The molecule has 0 N–H and O–H groups in total. The highest BCUT2D eigenvalue weighted by molar-refractivity contribution is 7.11. The normalized spacial score (nSPS) is 10.4. The van der Waals surface area contributed by atoms with Gasteiger partial charge in [0.25, 0.3) is 0 Å². The molecule has 3 nitrogen and oxygen atoms in total. The molecule has 0 aliphatic heterocycles. The molecule has 0 saturated carbocycles. The summed E-state index contributed by atoms with van der Waals surface area (Å²) in [5.74, 6) is 0.528. The van der Waals surface area contributed by atoms with Crippen molar-refractivity contribution in [1.29, 1.82) is 0 Å². The van der Waals surface area contributed by atoms with Crippen molar-refractivity contribution in [2.24, 2.45) is 0 Å². The largest absolute Gasteiger partial charge is 0.486 e. The van der Waals surface area contributed by atoms with Crippen molar-refractivity contribution in [2.45, 2.75) is 20.5 Å². The Labute approximate surface area is 114 Å². The van der Waals surface area contributed by atoms with Gasteiger partial charge in [0.2, 0.25) is 0 Å². The lowest BCUT2D eigenvalue weighted by Gasteiger charge is -2.06. The number of hydrogen-bond acceptors (Lipinski definition) is 4. The number of aromatic nitrogens is 1. The minimum absolute atomic E-state index is 0.363. The van der Waals surface area contributed by atoms with Gasteiger partial charge in [0.15, 0.2) is 6.29 Å². The SMILES string of the molecule is Cc1nc(COc2ccc(Cl)cc2C=O)sc1C. The number of aldehydes is 1. The van der Waals surface area contributed by atoms with Crippen LogP contribution in [0.15, 0.2) is 18.2 Å². The molecule has 0 fully saturated rings. The maximum atomic E-state index is 10.9. The number of carbonyl (C=O) groups excluding carboxylic acids is 1. The number of nitrogens with zero attached hydrogens (tertiary/aromatic N) is 1. The molecule has 0 aliphatic carbocycles. The molecular formula is C13H12ClNO2S. The highest BCUT2D eigenvalue weighted by atomic mass is 35.5. The molecule has 1 heterocycles. The molecule has 0 aliphatic rings. The molecule has 0 amide bonds. The van der Waals surface area contributed by atoms with E-state index in [1.165, 1.54) is 4.88 Å². The summed E-state index contributed by atoms with van der Waals surface area (Å²) < 4.78 is 5.60. The number of ether oxygens (including phenoxy) is 1. The van der Waals surface area contributed by atoms with Crippen molar-refractivity contribution in [3.63, 3.8) is 0 Å².